The summed E-state index contributed by atoms with van der Waals surface area (Å²) in [4.78, 5) is 10.8. The van der Waals surface area contributed by atoms with E-state index in [1.807, 2.05) is 11.7 Å². The number of piperidine rings is 1. The molecule has 1 fully saturated rings. The van der Waals surface area contributed by atoms with E-state index in [1.165, 1.54) is 11.1 Å². The maximum atomic E-state index is 5.73. The van der Waals surface area contributed by atoms with Gasteiger partial charge in [0.15, 0.2) is 5.96 Å². The molecule has 0 aliphatic carbocycles. The summed E-state index contributed by atoms with van der Waals surface area (Å²) in [6.45, 7) is 6.30. The summed E-state index contributed by atoms with van der Waals surface area (Å²) < 4.78 is 7.56. The van der Waals surface area contributed by atoms with Gasteiger partial charge in [0, 0.05) is 33.3 Å². The number of hydrogen-bond donors (Lipinski definition) is 1. The molecule has 1 aromatic heterocycles. The third-order valence-electron chi connectivity index (χ3n) is 4.61. The molecule has 7 nitrogen and oxygen atoms in total. The van der Waals surface area contributed by atoms with Gasteiger partial charge in [-0.2, -0.15) is 5.10 Å². The van der Waals surface area contributed by atoms with Gasteiger partial charge in [-0.05, 0) is 30.9 Å². The van der Waals surface area contributed by atoms with E-state index >= 15 is 0 Å². The van der Waals surface area contributed by atoms with E-state index in [0.29, 0.717) is 6.10 Å². The van der Waals surface area contributed by atoms with Crippen molar-refractivity contribution in [2.24, 2.45) is 4.99 Å². The Morgan fingerprint density at radius 1 is 1.31 bits per heavy atom. The molecule has 26 heavy (non-hydrogen) atoms. The Bertz CT molecular complexity index is 692. The van der Waals surface area contributed by atoms with Gasteiger partial charge in [-0.1, -0.05) is 24.3 Å². The lowest BCUT2D eigenvalue weighted by Crippen LogP contribution is -2.46. The molecular weight excluding hydrogens is 328 g/mol. The molecule has 0 spiro atoms. The number of guanidine groups is 1. The Morgan fingerprint density at radius 3 is 2.81 bits per heavy atom. The predicted octanol–water partition coefficient (Wildman–Crippen LogP) is 1.90. The number of hydrogen-bond acceptors (Lipinski definition) is 4. The van der Waals surface area contributed by atoms with Crippen LogP contribution in [0.2, 0.25) is 0 Å². The number of ether oxygens (including phenoxy) is 1. The van der Waals surface area contributed by atoms with E-state index in [0.717, 1.165) is 51.6 Å². The van der Waals surface area contributed by atoms with Gasteiger partial charge in [0.2, 0.25) is 0 Å². The van der Waals surface area contributed by atoms with Crippen LogP contribution in [0.1, 0.15) is 30.9 Å². The molecule has 1 saturated heterocycles. The highest BCUT2D eigenvalue weighted by Crippen LogP contribution is 2.14. The summed E-state index contributed by atoms with van der Waals surface area (Å²) in [7, 11) is 1.85. The molecule has 1 N–H and O–H groups in total. The Morgan fingerprint density at radius 2 is 2.12 bits per heavy atom. The van der Waals surface area contributed by atoms with Crippen molar-refractivity contribution in [1.29, 1.82) is 0 Å². The molecule has 0 unspecified atom stereocenters. The number of nitrogens with zero attached hydrogens (tertiary/aromatic N) is 5. The van der Waals surface area contributed by atoms with Gasteiger partial charge in [0.05, 0.1) is 12.6 Å². The molecule has 7 heteroatoms. The molecule has 0 bridgehead atoms. The molecule has 1 aliphatic rings. The highest BCUT2D eigenvalue weighted by atomic mass is 16.5. The maximum Gasteiger partial charge on any atom is 0.193 e. The van der Waals surface area contributed by atoms with Crippen molar-refractivity contribution in [3.63, 3.8) is 0 Å². The average molecular weight is 356 g/mol. The minimum atomic E-state index is 0.392. The fourth-order valence-corrected chi connectivity index (χ4v) is 3.32. The smallest absolute Gasteiger partial charge is 0.193 e. The SMILES string of the molecule is CCOC1CCN(C(=NC)NCc2cccc(Cn3cncn3)c2)CC1. The van der Waals surface area contributed by atoms with Crippen LogP contribution in [0.4, 0.5) is 0 Å². The summed E-state index contributed by atoms with van der Waals surface area (Å²) in [6, 6.07) is 8.52. The topological polar surface area (TPSA) is 67.6 Å². The average Bonchev–Trinajstić information content (AvgIpc) is 3.17. The first-order valence-electron chi connectivity index (χ1n) is 9.26. The molecular formula is C19H28N6O. The zero-order valence-corrected chi connectivity index (χ0v) is 15.6. The monoisotopic (exact) mass is 356 g/mol. The van der Waals surface area contributed by atoms with Crippen LogP contribution in [0.5, 0.6) is 0 Å². The van der Waals surface area contributed by atoms with Crippen molar-refractivity contribution in [2.75, 3.05) is 26.7 Å². The third-order valence-corrected chi connectivity index (χ3v) is 4.61. The van der Waals surface area contributed by atoms with Gasteiger partial charge >= 0.3 is 0 Å². The van der Waals surface area contributed by atoms with E-state index in [1.54, 1.807) is 12.7 Å². The summed E-state index contributed by atoms with van der Waals surface area (Å²) in [6.07, 6.45) is 5.80. The molecule has 3 rings (SSSR count). The number of benzene rings is 1. The first-order chi connectivity index (χ1) is 12.8. The van der Waals surface area contributed by atoms with E-state index in [9.17, 15) is 0 Å². The van der Waals surface area contributed by atoms with E-state index in [2.05, 4.69) is 56.5 Å². The highest BCUT2D eigenvalue weighted by Gasteiger charge is 2.21. The van der Waals surface area contributed by atoms with Gasteiger partial charge in [-0.3, -0.25) is 4.99 Å². The van der Waals surface area contributed by atoms with Crippen LogP contribution in [-0.2, 0) is 17.8 Å². The second kappa shape index (κ2) is 9.33. The van der Waals surface area contributed by atoms with Gasteiger partial charge in [0.1, 0.15) is 12.7 Å². The van der Waals surface area contributed by atoms with E-state index in [-0.39, 0.29) is 0 Å². The Hall–Kier alpha value is -2.41. The molecule has 1 aliphatic heterocycles. The first kappa shape index (κ1) is 18.4. The molecule has 0 atom stereocenters. The third kappa shape index (κ3) is 5.05. The van der Waals surface area contributed by atoms with Gasteiger partial charge in [-0.15, -0.1) is 0 Å². The van der Waals surface area contributed by atoms with Gasteiger partial charge < -0.3 is 15.0 Å². The van der Waals surface area contributed by atoms with Gasteiger partial charge in [-0.25, -0.2) is 9.67 Å². The largest absolute Gasteiger partial charge is 0.378 e. The Balaban J connectivity index is 1.52. The second-order valence-electron chi connectivity index (χ2n) is 6.46. The summed E-state index contributed by atoms with van der Waals surface area (Å²) in [5.41, 5.74) is 2.44. The van der Waals surface area contributed by atoms with Crippen LogP contribution >= 0.6 is 0 Å². The first-order valence-corrected chi connectivity index (χ1v) is 9.26. The van der Waals surface area contributed by atoms with E-state index in [4.69, 9.17) is 4.74 Å². The second-order valence-corrected chi connectivity index (χ2v) is 6.46. The van der Waals surface area contributed by atoms with E-state index < -0.39 is 0 Å². The zero-order chi connectivity index (χ0) is 18.2. The minimum Gasteiger partial charge on any atom is -0.378 e. The maximum absolute atomic E-state index is 5.73. The lowest BCUT2D eigenvalue weighted by atomic mass is 10.1. The zero-order valence-electron chi connectivity index (χ0n) is 15.6. The minimum absolute atomic E-state index is 0.392. The fourth-order valence-electron chi connectivity index (χ4n) is 3.32. The number of likely N-dealkylation sites (tertiary alicyclic amines) is 1. The predicted molar refractivity (Wildman–Crippen MR) is 102 cm³/mol. The molecule has 0 amide bonds. The number of aliphatic imine (C=N–C) groups is 1. The number of rotatable bonds is 6. The van der Waals surface area contributed by atoms with Crippen molar-refractivity contribution in [3.8, 4) is 0 Å². The molecule has 2 heterocycles. The fraction of sp³-hybridized carbons (Fsp3) is 0.526. The van der Waals surface area contributed by atoms with Crippen LogP contribution in [0, 0.1) is 0 Å². The van der Waals surface area contributed by atoms with Crippen molar-refractivity contribution >= 4 is 5.96 Å². The lowest BCUT2D eigenvalue weighted by molar-refractivity contribution is 0.0263. The van der Waals surface area contributed by atoms with Crippen LogP contribution in [-0.4, -0.2) is 58.5 Å². The van der Waals surface area contributed by atoms with Crippen molar-refractivity contribution in [2.45, 2.75) is 39.0 Å². The van der Waals surface area contributed by atoms with Crippen molar-refractivity contribution < 1.29 is 4.74 Å². The molecule has 1 aromatic carbocycles. The molecule has 2 aromatic rings. The Labute approximate surface area is 155 Å². The Kier molecular flexibility index (Phi) is 6.60. The summed E-state index contributed by atoms with van der Waals surface area (Å²) in [5, 5.41) is 7.65. The summed E-state index contributed by atoms with van der Waals surface area (Å²) in [5.74, 6) is 0.960. The standard InChI is InChI=1S/C19H28N6O/c1-3-26-18-7-9-24(10-8-18)19(20-2)22-12-16-5-4-6-17(11-16)13-25-15-21-14-23-25/h4-6,11,14-15,18H,3,7-10,12-13H2,1-2H3,(H,20,22). The molecule has 140 valence electrons. The van der Waals surface area contributed by atoms with Crippen LogP contribution < -0.4 is 5.32 Å². The van der Waals surface area contributed by atoms with Gasteiger partial charge in [0.25, 0.3) is 0 Å². The van der Waals surface area contributed by atoms with Crippen molar-refractivity contribution in [1.82, 2.24) is 25.0 Å². The quantitative estimate of drug-likeness (QED) is 0.632. The van der Waals surface area contributed by atoms with Crippen LogP contribution in [0.25, 0.3) is 0 Å². The number of aromatic nitrogens is 3. The number of nitrogens with one attached hydrogen (secondary N) is 1. The molecule has 0 radical (unpaired) electrons. The molecule has 0 saturated carbocycles. The highest BCUT2D eigenvalue weighted by molar-refractivity contribution is 5.79. The lowest BCUT2D eigenvalue weighted by Gasteiger charge is -2.34. The van der Waals surface area contributed by atoms with Crippen LogP contribution in [0.3, 0.4) is 0 Å². The van der Waals surface area contributed by atoms with Crippen LogP contribution in [0.15, 0.2) is 41.9 Å². The van der Waals surface area contributed by atoms with Crippen molar-refractivity contribution in [3.05, 3.63) is 48.0 Å². The normalized spacial score (nSPS) is 16.1. The summed E-state index contributed by atoms with van der Waals surface area (Å²) >= 11 is 0.